The average molecular weight is 455 g/mol. The Labute approximate surface area is 178 Å². The van der Waals surface area contributed by atoms with Crippen LogP contribution in [0.3, 0.4) is 0 Å². The van der Waals surface area contributed by atoms with E-state index in [2.05, 4.69) is 15.6 Å². The smallest absolute Gasteiger partial charge is 0.327 e. The zero-order chi connectivity index (χ0) is 22.3. The minimum absolute atomic E-state index is 0.177. The second kappa shape index (κ2) is 10.7. The lowest BCUT2D eigenvalue weighted by molar-refractivity contribution is -0.139. The van der Waals surface area contributed by atoms with E-state index in [1.54, 1.807) is 0 Å². The van der Waals surface area contributed by atoms with Crippen LogP contribution in [0.4, 0.5) is 0 Å². The Kier molecular flexibility index (Phi) is 8.35. The molecular formula is C17H17N3O8S2. The molecule has 11 nitrogen and oxygen atoms in total. The lowest BCUT2D eigenvalue weighted by Crippen LogP contribution is -2.44. The van der Waals surface area contributed by atoms with Gasteiger partial charge in [-0.1, -0.05) is 29.6 Å². The number of carboxylic acids is 2. The first-order valence-corrected chi connectivity index (χ1v) is 10.5. The van der Waals surface area contributed by atoms with Gasteiger partial charge in [-0.15, -0.1) is 0 Å². The molecule has 0 unspecified atom stereocenters. The summed E-state index contributed by atoms with van der Waals surface area (Å²) >= 11 is 1.32. The van der Waals surface area contributed by atoms with Crippen molar-refractivity contribution >= 4 is 57.5 Å². The first-order chi connectivity index (χ1) is 14.2. The number of nitrogens with zero attached hydrogens (tertiary/aromatic N) is 1. The topological polar surface area (TPSA) is 180 Å². The van der Waals surface area contributed by atoms with E-state index in [1.807, 2.05) is 0 Å². The van der Waals surface area contributed by atoms with E-state index < -0.39 is 46.1 Å². The number of carbonyl (C=O) groups is 6. The molecular weight excluding hydrogens is 438 g/mol. The van der Waals surface area contributed by atoms with E-state index in [4.69, 9.17) is 0 Å². The van der Waals surface area contributed by atoms with Gasteiger partial charge in [0, 0.05) is 24.3 Å². The largest absolute Gasteiger partial charge is 0.480 e. The van der Waals surface area contributed by atoms with Gasteiger partial charge in [0.1, 0.15) is 23.5 Å². The van der Waals surface area contributed by atoms with Crippen LogP contribution in [-0.4, -0.2) is 72.8 Å². The van der Waals surface area contributed by atoms with Gasteiger partial charge >= 0.3 is 11.9 Å². The molecule has 0 aliphatic carbocycles. The average Bonchev–Trinajstić information content (AvgIpc) is 2.71. The maximum Gasteiger partial charge on any atom is 0.327 e. The number of hydrogen-bond acceptors (Lipinski definition) is 9. The summed E-state index contributed by atoms with van der Waals surface area (Å²) < 4.78 is 0. The second-order valence-electron chi connectivity index (χ2n) is 6.00. The van der Waals surface area contributed by atoms with Crippen LogP contribution in [0, 0.1) is 0 Å². The molecule has 0 saturated carbocycles. The highest BCUT2D eigenvalue weighted by Gasteiger charge is 2.26. The van der Waals surface area contributed by atoms with Gasteiger partial charge in [-0.25, -0.2) is 14.6 Å². The molecule has 1 aliphatic rings. The number of pyridine rings is 1. The van der Waals surface area contributed by atoms with Gasteiger partial charge in [0.25, 0.3) is 11.8 Å². The predicted molar refractivity (Wildman–Crippen MR) is 106 cm³/mol. The number of aromatic nitrogens is 1. The number of nitrogens with one attached hydrogen (secondary N) is 2. The Morgan fingerprint density at radius 2 is 1.23 bits per heavy atom. The van der Waals surface area contributed by atoms with Gasteiger partial charge in [-0.3, -0.25) is 19.2 Å². The van der Waals surface area contributed by atoms with Crippen LogP contribution in [-0.2, 0) is 19.2 Å². The van der Waals surface area contributed by atoms with Crippen molar-refractivity contribution in [2.45, 2.75) is 24.9 Å². The summed E-state index contributed by atoms with van der Waals surface area (Å²) in [6.07, 6.45) is -0.355. The highest BCUT2D eigenvalue weighted by molar-refractivity contribution is 8.14. The van der Waals surface area contributed by atoms with Crippen molar-refractivity contribution in [3.05, 3.63) is 29.6 Å². The molecule has 2 bridgehead atoms. The van der Waals surface area contributed by atoms with Crippen molar-refractivity contribution in [1.82, 2.24) is 15.6 Å². The van der Waals surface area contributed by atoms with E-state index in [9.17, 15) is 39.0 Å². The molecule has 2 heterocycles. The van der Waals surface area contributed by atoms with Crippen molar-refractivity contribution < 1.29 is 39.0 Å². The fraction of sp³-hybridized carbons (Fsp3) is 0.353. The van der Waals surface area contributed by atoms with Gasteiger partial charge in [0.05, 0.1) is 0 Å². The molecule has 160 valence electrons. The van der Waals surface area contributed by atoms with E-state index in [0.717, 1.165) is 0 Å². The Hall–Kier alpha value is -2.93. The Morgan fingerprint density at radius 3 is 1.60 bits per heavy atom. The summed E-state index contributed by atoms with van der Waals surface area (Å²) in [7, 11) is 0. The number of carbonyl (C=O) groups excluding carboxylic acids is 4. The number of hydrogen-bond donors (Lipinski definition) is 4. The summed E-state index contributed by atoms with van der Waals surface area (Å²) in [6, 6.07) is 1.03. The number of thioether (sulfide) groups is 2. The third-order valence-electron chi connectivity index (χ3n) is 3.78. The van der Waals surface area contributed by atoms with Crippen molar-refractivity contribution in [3.63, 3.8) is 0 Å². The summed E-state index contributed by atoms with van der Waals surface area (Å²) in [5.74, 6) is -5.02. The lowest BCUT2D eigenvalue weighted by Gasteiger charge is -2.14. The standard InChI is InChI=1S/C17H17N3O8S2/c21-12-4-5-13(22)30-7-11(17(27)28)20-15(24)9-3-1-2-8(18-9)14(23)19-10(6-29-12)16(25)26/h1-3,10-11H,4-7H2,(H,19,23)(H,20,24)(H,25,26)(H,27,28)/t10-,11-/m1/s1. The van der Waals surface area contributed by atoms with Gasteiger partial charge in [-0.2, -0.15) is 0 Å². The fourth-order valence-corrected chi connectivity index (χ4v) is 3.85. The number of rotatable bonds is 2. The summed E-state index contributed by atoms with van der Waals surface area (Å²) in [6.45, 7) is 0. The van der Waals surface area contributed by atoms with Crippen LogP contribution in [0.15, 0.2) is 18.2 Å². The molecule has 13 heteroatoms. The normalized spacial score (nSPS) is 21.9. The van der Waals surface area contributed by atoms with Crippen LogP contribution >= 0.6 is 23.5 Å². The first-order valence-electron chi connectivity index (χ1n) is 8.53. The summed E-state index contributed by atoms with van der Waals surface area (Å²) in [5, 5.41) is 22.1. The second-order valence-corrected chi connectivity index (χ2v) is 8.16. The van der Waals surface area contributed by atoms with Crippen molar-refractivity contribution in [3.8, 4) is 0 Å². The van der Waals surface area contributed by atoms with E-state index >= 15 is 0 Å². The lowest BCUT2D eigenvalue weighted by atomic mass is 10.2. The number of aliphatic carboxylic acids is 2. The molecule has 1 aromatic rings. The van der Waals surface area contributed by atoms with Crippen LogP contribution in [0.25, 0.3) is 0 Å². The number of amides is 2. The minimum atomic E-state index is -1.40. The van der Waals surface area contributed by atoms with E-state index in [-0.39, 0.29) is 35.7 Å². The first kappa shape index (κ1) is 23.3. The maximum absolute atomic E-state index is 12.3. The highest BCUT2D eigenvalue weighted by atomic mass is 32.2. The van der Waals surface area contributed by atoms with Crippen LogP contribution in [0.5, 0.6) is 0 Å². The Morgan fingerprint density at radius 1 is 0.833 bits per heavy atom. The highest BCUT2D eigenvalue weighted by Crippen LogP contribution is 2.15. The number of carboxylic acid groups (broad SMARTS) is 2. The van der Waals surface area contributed by atoms with Gasteiger partial charge in [0.15, 0.2) is 10.2 Å². The third-order valence-corrected chi connectivity index (χ3v) is 5.83. The molecule has 0 spiro atoms. The summed E-state index contributed by atoms with van der Waals surface area (Å²) in [4.78, 5) is 75.1. The van der Waals surface area contributed by atoms with Gasteiger partial charge in [0.2, 0.25) is 0 Å². The molecule has 2 atom stereocenters. The van der Waals surface area contributed by atoms with Crippen molar-refractivity contribution in [1.29, 1.82) is 0 Å². The SMILES string of the molecule is O=C1CCC(=O)SC[C@H](C(=O)O)NC(=O)c2cccc(n2)C(=O)N[C@@H](C(=O)O)CS1. The molecule has 0 aromatic carbocycles. The van der Waals surface area contributed by atoms with Crippen LogP contribution in [0.2, 0.25) is 0 Å². The zero-order valence-electron chi connectivity index (χ0n) is 15.3. The van der Waals surface area contributed by atoms with E-state index in [0.29, 0.717) is 23.5 Å². The molecule has 1 aromatic heterocycles. The third kappa shape index (κ3) is 6.84. The van der Waals surface area contributed by atoms with Crippen LogP contribution < -0.4 is 10.6 Å². The molecule has 1 aliphatic heterocycles. The quantitative estimate of drug-likeness (QED) is 0.462. The Bertz CT molecular complexity index is 824. The molecule has 2 amide bonds. The fourth-order valence-electron chi connectivity index (χ4n) is 2.20. The molecule has 0 saturated heterocycles. The molecule has 0 radical (unpaired) electrons. The predicted octanol–water partition coefficient (Wildman–Crippen LogP) is -0.239. The van der Waals surface area contributed by atoms with Crippen molar-refractivity contribution in [2.75, 3.05) is 11.5 Å². The molecule has 30 heavy (non-hydrogen) atoms. The van der Waals surface area contributed by atoms with Crippen molar-refractivity contribution in [2.24, 2.45) is 0 Å². The maximum atomic E-state index is 12.3. The monoisotopic (exact) mass is 455 g/mol. The summed E-state index contributed by atoms with van der Waals surface area (Å²) in [5.41, 5.74) is -0.517. The van der Waals surface area contributed by atoms with E-state index in [1.165, 1.54) is 18.2 Å². The molecule has 0 fully saturated rings. The van der Waals surface area contributed by atoms with Gasteiger partial charge < -0.3 is 20.8 Å². The molecule has 4 N–H and O–H groups in total. The molecule has 2 rings (SSSR count). The van der Waals surface area contributed by atoms with Crippen LogP contribution in [0.1, 0.15) is 33.8 Å². The number of fused-ring (bicyclic) bond motifs is 2. The minimum Gasteiger partial charge on any atom is -0.480 e. The zero-order valence-corrected chi connectivity index (χ0v) is 17.0. The van der Waals surface area contributed by atoms with Gasteiger partial charge in [-0.05, 0) is 12.1 Å². The Balaban J connectivity index is 2.31.